The van der Waals surface area contributed by atoms with Crippen molar-refractivity contribution >= 4 is 34.8 Å². The second-order valence-corrected chi connectivity index (χ2v) is 8.94. The standard InChI is InChI=1S/C22H26N8O3/c1-23-19-9-17(26-16-3-2-4-18(27-16)29-11-22(12-29)7-8-33-22)28-20-13(10-24-30(19)20)21(32)25-14-5-6-15(14)31/h2-4,9-10,14-15,23,31H,5-8,11-12H2,1H3,(H,25,32)(H,26,27,28). The average molecular weight is 451 g/mol. The molecule has 3 aliphatic rings. The van der Waals surface area contributed by atoms with Gasteiger partial charge in [0.25, 0.3) is 5.91 Å². The number of hydrogen-bond donors (Lipinski definition) is 4. The molecule has 33 heavy (non-hydrogen) atoms. The number of aliphatic hydroxyl groups excluding tert-OH is 1. The van der Waals surface area contributed by atoms with Gasteiger partial charge in [-0.3, -0.25) is 4.79 Å². The van der Waals surface area contributed by atoms with Gasteiger partial charge in [-0.15, -0.1) is 0 Å². The zero-order valence-electron chi connectivity index (χ0n) is 18.3. The molecule has 1 spiro atoms. The van der Waals surface area contributed by atoms with Crippen molar-refractivity contribution in [2.24, 2.45) is 0 Å². The first-order valence-corrected chi connectivity index (χ1v) is 11.2. The van der Waals surface area contributed by atoms with E-state index < -0.39 is 6.10 Å². The van der Waals surface area contributed by atoms with Crippen LogP contribution in [0.15, 0.2) is 30.5 Å². The highest BCUT2D eigenvalue weighted by Crippen LogP contribution is 2.38. The minimum atomic E-state index is -0.496. The van der Waals surface area contributed by atoms with E-state index in [2.05, 4.69) is 30.9 Å². The number of anilines is 4. The van der Waals surface area contributed by atoms with E-state index in [1.807, 2.05) is 24.3 Å². The highest BCUT2D eigenvalue weighted by molar-refractivity contribution is 6.00. The Labute approximate surface area is 190 Å². The van der Waals surface area contributed by atoms with Crippen LogP contribution in [0, 0.1) is 0 Å². The monoisotopic (exact) mass is 450 g/mol. The minimum absolute atomic E-state index is 0.0356. The first-order chi connectivity index (χ1) is 16.0. The number of hydrogen-bond acceptors (Lipinski definition) is 9. The summed E-state index contributed by atoms with van der Waals surface area (Å²) in [5.74, 6) is 2.46. The number of carbonyl (C=O) groups excluding carboxylic acids is 1. The fourth-order valence-corrected chi connectivity index (χ4v) is 4.51. The molecule has 3 fully saturated rings. The largest absolute Gasteiger partial charge is 0.391 e. The molecule has 2 saturated heterocycles. The van der Waals surface area contributed by atoms with Crippen LogP contribution in [-0.2, 0) is 4.74 Å². The maximum atomic E-state index is 12.8. The lowest BCUT2D eigenvalue weighted by Gasteiger charge is -2.55. The van der Waals surface area contributed by atoms with Gasteiger partial charge in [-0.25, -0.2) is 9.97 Å². The molecule has 1 saturated carbocycles. The van der Waals surface area contributed by atoms with Gasteiger partial charge in [-0.05, 0) is 25.0 Å². The summed E-state index contributed by atoms with van der Waals surface area (Å²) in [7, 11) is 1.78. The third-order valence-corrected chi connectivity index (χ3v) is 6.77. The molecule has 3 aromatic rings. The molecule has 2 aliphatic heterocycles. The van der Waals surface area contributed by atoms with E-state index in [1.54, 1.807) is 11.6 Å². The van der Waals surface area contributed by atoms with E-state index in [-0.39, 0.29) is 17.6 Å². The summed E-state index contributed by atoms with van der Waals surface area (Å²) < 4.78 is 7.29. The zero-order chi connectivity index (χ0) is 22.6. The SMILES string of the molecule is CNc1cc(Nc2cccc(N3CC4(CCO4)C3)n2)nc2c(C(=O)NC3CCC3O)cnn12. The smallest absolute Gasteiger partial charge is 0.257 e. The highest BCUT2D eigenvalue weighted by Gasteiger charge is 2.49. The molecule has 1 aliphatic carbocycles. The molecule has 0 bridgehead atoms. The van der Waals surface area contributed by atoms with Gasteiger partial charge < -0.3 is 30.7 Å². The van der Waals surface area contributed by atoms with Crippen LogP contribution >= 0.6 is 0 Å². The van der Waals surface area contributed by atoms with Crippen molar-refractivity contribution in [2.45, 2.75) is 37.0 Å². The number of rotatable bonds is 6. The van der Waals surface area contributed by atoms with E-state index in [9.17, 15) is 9.90 Å². The maximum absolute atomic E-state index is 12.8. The summed E-state index contributed by atoms with van der Waals surface area (Å²) >= 11 is 0. The molecule has 6 rings (SSSR count). The molecule has 2 unspecified atom stereocenters. The van der Waals surface area contributed by atoms with Crippen LogP contribution in [0.2, 0.25) is 0 Å². The Morgan fingerprint density at radius 3 is 2.76 bits per heavy atom. The molecule has 2 atom stereocenters. The molecule has 1 amide bonds. The average Bonchev–Trinajstić information content (AvgIpc) is 3.18. The third kappa shape index (κ3) is 3.44. The topological polar surface area (TPSA) is 129 Å². The van der Waals surface area contributed by atoms with Crippen molar-refractivity contribution in [1.29, 1.82) is 0 Å². The van der Waals surface area contributed by atoms with Gasteiger partial charge in [0.2, 0.25) is 0 Å². The molecule has 11 nitrogen and oxygen atoms in total. The number of nitrogens with one attached hydrogen (secondary N) is 3. The van der Waals surface area contributed by atoms with Gasteiger partial charge in [-0.1, -0.05) is 6.07 Å². The summed E-state index contributed by atoms with van der Waals surface area (Å²) in [4.78, 5) is 24.4. The lowest BCUT2D eigenvalue weighted by Crippen LogP contribution is -2.68. The van der Waals surface area contributed by atoms with E-state index >= 15 is 0 Å². The number of aliphatic hydroxyl groups is 1. The van der Waals surface area contributed by atoms with Crippen molar-refractivity contribution in [3.8, 4) is 0 Å². The normalized spacial score (nSPS) is 22.9. The lowest BCUT2D eigenvalue weighted by atomic mass is 9.86. The lowest BCUT2D eigenvalue weighted by molar-refractivity contribution is -0.161. The molecule has 3 aromatic heterocycles. The van der Waals surface area contributed by atoms with E-state index in [4.69, 9.17) is 9.72 Å². The van der Waals surface area contributed by atoms with Crippen molar-refractivity contribution < 1.29 is 14.6 Å². The molecule has 5 heterocycles. The van der Waals surface area contributed by atoms with Gasteiger partial charge in [0.1, 0.15) is 34.4 Å². The fraction of sp³-hybridized carbons (Fsp3) is 0.455. The fourth-order valence-electron chi connectivity index (χ4n) is 4.51. The Kier molecular flexibility index (Phi) is 4.63. The van der Waals surface area contributed by atoms with Crippen molar-refractivity contribution in [3.05, 3.63) is 36.0 Å². The number of carbonyl (C=O) groups is 1. The maximum Gasteiger partial charge on any atom is 0.257 e. The predicted octanol–water partition coefficient (Wildman–Crippen LogP) is 1.14. The van der Waals surface area contributed by atoms with E-state index in [1.165, 1.54) is 6.20 Å². The number of ether oxygens (including phenoxy) is 1. The summed E-state index contributed by atoms with van der Waals surface area (Å²) in [6.45, 7) is 2.57. The van der Waals surface area contributed by atoms with Crippen LogP contribution in [0.25, 0.3) is 5.65 Å². The van der Waals surface area contributed by atoms with Crippen LogP contribution < -0.4 is 20.9 Å². The second-order valence-electron chi connectivity index (χ2n) is 8.94. The Hall–Kier alpha value is -3.44. The number of amides is 1. The van der Waals surface area contributed by atoms with Crippen molar-refractivity contribution in [2.75, 3.05) is 42.3 Å². The Balaban J connectivity index is 1.25. The Bertz CT molecular complexity index is 1220. The quantitative estimate of drug-likeness (QED) is 0.437. The van der Waals surface area contributed by atoms with E-state index in [0.717, 1.165) is 38.4 Å². The first-order valence-electron chi connectivity index (χ1n) is 11.2. The number of nitrogens with zero attached hydrogens (tertiary/aromatic N) is 5. The molecule has 172 valence electrons. The first kappa shape index (κ1) is 20.2. The minimum Gasteiger partial charge on any atom is -0.391 e. The molecular formula is C22H26N8O3. The Morgan fingerprint density at radius 2 is 2.09 bits per heavy atom. The van der Waals surface area contributed by atoms with Gasteiger partial charge in [0.15, 0.2) is 5.65 Å². The van der Waals surface area contributed by atoms with Gasteiger partial charge in [-0.2, -0.15) is 9.61 Å². The molecule has 4 N–H and O–H groups in total. The second kappa shape index (κ2) is 7.56. The summed E-state index contributed by atoms with van der Waals surface area (Å²) in [5, 5.41) is 23.3. The third-order valence-electron chi connectivity index (χ3n) is 6.77. The summed E-state index contributed by atoms with van der Waals surface area (Å²) in [6.07, 6.45) is 3.57. The predicted molar refractivity (Wildman–Crippen MR) is 122 cm³/mol. The van der Waals surface area contributed by atoms with Crippen LogP contribution in [0.4, 0.5) is 23.3 Å². The number of fused-ring (bicyclic) bond motifs is 1. The van der Waals surface area contributed by atoms with Crippen LogP contribution in [0.1, 0.15) is 29.6 Å². The van der Waals surface area contributed by atoms with Crippen LogP contribution in [0.5, 0.6) is 0 Å². The number of pyridine rings is 1. The van der Waals surface area contributed by atoms with Crippen LogP contribution in [0.3, 0.4) is 0 Å². The highest BCUT2D eigenvalue weighted by atomic mass is 16.5. The van der Waals surface area contributed by atoms with Crippen LogP contribution in [-0.4, -0.2) is 75.1 Å². The van der Waals surface area contributed by atoms with E-state index in [0.29, 0.717) is 35.1 Å². The summed E-state index contributed by atoms with van der Waals surface area (Å²) in [5.41, 5.74) is 0.800. The zero-order valence-corrected chi connectivity index (χ0v) is 18.3. The number of aromatic nitrogens is 4. The van der Waals surface area contributed by atoms with Crippen molar-refractivity contribution in [1.82, 2.24) is 24.9 Å². The molecule has 11 heteroatoms. The van der Waals surface area contributed by atoms with Gasteiger partial charge in [0, 0.05) is 19.5 Å². The molecule has 0 aromatic carbocycles. The molecular weight excluding hydrogens is 424 g/mol. The molecule has 0 radical (unpaired) electrons. The van der Waals surface area contributed by atoms with Crippen molar-refractivity contribution in [3.63, 3.8) is 0 Å². The Morgan fingerprint density at radius 1 is 1.24 bits per heavy atom. The summed E-state index contributed by atoms with van der Waals surface area (Å²) in [6, 6.07) is 7.41. The van der Waals surface area contributed by atoms with Gasteiger partial charge >= 0.3 is 0 Å². The van der Waals surface area contributed by atoms with Gasteiger partial charge in [0.05, 0.1) is 38.0 Å².